The first kappa shape index (κ1) is 17.7. The predicted octanol–water partition coefficient (Wildman–Crippen LogP) is 3.55. The number of carbonyl (C=O) groups is 1. The average Bonchev–Trinajstić information content (AvgIpc) is 2.44. The van der Waals surface area contributed by atoms with Gasteiger partial charge in [-0.05, 0) is 72.3 Å². The van der Waals surface area contributed by atoms with Crippen molar-refractivity contribution in [2.24, 2.45) is 0 Å². The lowest BCUT2D eigenvalue weighted by atomic mass is 10.1. The number of rotatable bonds is 4. The summed E-state index contributed by atoms with van der Waals surface area (Å²) < 4.78 is 42.2. The minimum atomic E-state index is -4.11. The third kappa shape index (κ3) is 3.81. The van der Waals surface area contributed by atoms with Gasteiger partial charge in [0.1, 0.15) is 5.82 Å². The molecule has 0 atom stereocenters. The normalized spacial score (nSPS) is 11.3. The van der Waals surface area contributed by atoms with Crippen LogP contribution < -0.4 is 4.72 Å². The number of carboxylic acid groups (broad SMARTS) is 1. The molecular weight excluding hydrogens is 436 g/mol. The lowest BCUT2D eigenvalue weighted by Crippen LogP contribution is -2.17. The molecule has 0 unspecified atom stereocenters. The van der Waals surface area contributed by atoms with Crippen molar-refractivity contribution in [3.8, 4) is 0 Å². The number of aromatic carboxylic acids is 1. The van der Waals surface area contributed by atoms with Gasteiger partial charge in [-0.2, -0.15) is 0 Å². The second-order valence-electron chi connectivity index (χ2n) is 4.95. The van der Waals surface area contributed by atoms with Crippen molar-refractivity contribution in [2.45, 2.75) is 18.7 Å². The van der Waals surface area contributed by atoms with Gasteiger partial charge < -0.3 is 5.11 Å². The first-order valence-corrected chi connectivity index (χ1v) is 9.00. The summed E-state index contributed by atoms with van der Waals surface area (Å²) in [4.78, 5) is 10.6. The number of carboxylic acids is 1. The van der Waals surface area contributed by atoms with Crippen molar-refractivity contribution in [2.75, 3.05) is 4.72 Å². The number of anilines is 1. The van der Waals surface area contributed by atoms with Crippen molar-refractivity contribution >= 4 is 44.3 Å². The summed E-state index contributed by atoms with van der Waals surface area (Å²) in [6, 6.07) is 6.87. The van der Waals surface area contributed by atoms with Gasteiger partial charge in [-0.15, -0.1) is 0 Å². The lowest BCUT2D eigenvalue weighted by Gasteiger charge is -2.13. The van der Waals surface area contributed by atoms with E-state index in [4.69, 9.17) is 5.11 Å². The standard InChI is InChI=1S/C15H13FINO4S/c1-8-5-11(17)3-4-13(8)18-23(21,22)14-7-10(15(19)20)6-12(16)9(14)2/h3-7,18H,1-2H3,(H,19,20). The van der Waals surface area contributed by atoms with E-state index >= 15 is 0 Å². The van der Waals surface area contributed by atoms with E-state index in [0.717, 1.165) is 15.7 Å². The topological polar surface area (TPSA) is 83.5 Å². The molecule has 0 heterocycles. The van der Waals surface area contributed by atoms with E-state index in [1.54, 1.807) is 25.1 Å². The number of sulfonamides is 1. The van der Waals surface area contributed by atoms with Crippen LogP contribution in [0.5, 0.6) is 0 Å². The molecule has 8 heteroatoms. The predicted molar refractivity (Wildman–Crippen MR) is 92.8 cm³/mol. The SMILES string of the molecule is Cc1cc(I)ccc1NS(=O)(=O)c1cc(C(=O)O)cc(F)c1C. The van der Waals surface area contributed by atoms with Crippen LogP contribution >= 0.6 is 22.6 Å². The van der Waals surface area contributed by atoms with Crippen LogP contribution in [0.4, 0.5) is 10.1 Å². The van der Waals surface area contributed by atoms with Crippen LogP contribution in [-0.2, 0) is 10.0 Å². The molecule has 0 spiro atoms. The highest BCUT2D eigenvalue weighted by atomic mass is 127. The molecule has 23 heavy (non-hydrogen) atoms. The molecule has 0 aliphatic rings. The van der Waals surface area contributed by atoms with E-state index in [1.165, 1.54) is 6.92 Å². The van der Waals surface area contributed by atoms with Gasteiger partial charge >= 0.3 is 5.97 Å². The Morgan fingerprint density at radius 3 is 2.43 bits per heavy atom. The van der Waals surface area contributed by atoms with Crippen LogP contribution in [0.3, 0.4) is 0 Å². The summed E-state index contributed by atoms with van der Waals surface area (Å²) >= 11 is 2.10. The Hall–Kier alpha value is -1.68. The minimum absolute atomic E-state index is 0.134. The molecule has 0 saturated heterocycles. The maximum Gasteiger partial charge on any atom is 0.335 e. The van der Waals surface area contributed by atoms with E-state index in [9.17, 15) is 17.6 Å². The van der Waals surface area contributed by atoms with Gasteiger partial charge in [0.05, 0.1) is 16.1 Å². The van der Waals surface area contributed by atoms with Gasteiger partial charge in [-0.3, -0.25) is 4.72 Å². The third-order valence-electron chi connectivity index (χ3n) is 3.27. The molecule has 0 radical (unpaired) electrons. The highest BCUT2D eigenvalue weighted by molar-refractivity contribution is 14.1. The summed E-state index contributed by atoms with van der Waals surface area (Å²) in [7, 11) is -4.11. The van der Waals surface area contributed by atoms with E-state index in [2.05, 4.69) is 27.3 Å². The van der Waals surface area contributed by atoms with Gasteiger partial charge in [0, 0.05) is 9.13 Å². The number of benzene rings is 2. The van der Waals surface area contributed by atoms with E-state index in [1.807, 2.05) is 0 Å². The molecule has 122 valence electrons. The highest BCUT2D eigenvalue weighted by Gasteiger charge is 2.22. The molecule has 0 bridgehead atoms. The number of hydrogen-bond donors (Lipinski definition) is 2. The Bertz CT molecular complexity index is 897. The third-order valence-corrected chi connectivity index (χ3v) is 5.43. The molecule has 2 N–H and O–H groups in total. The van der Waals surface area contributed by atoms with Crippen molar-refractivity contribution in [3.05, 3.63) is 56.4 Å². The minimum Gasteiger partial charge on any atom is -0.478 e. The molecule has 0 aliphatic carbocycles. The smallest absolute Gasteiger partial charge is 0.335 e. The zero-order chi connectivity index (χ0) is 17.4. The van der Waals surface area contributed by atoms with Crippen molar-refractivity contribution in [1.29, 1.82) is 0 Å². The second kappa shape index (κ2) is 6.44. The second-order valence-corrected chi connectivity index (χ2v) is 7.85. The molecule has 0 amide bonds. The zero-order valence-electron chi connectivity index (χ0n) is 12.2. The van der Waals surface area contributed by atoms with Gasteiger partial charge in [0.2, 0.25) is 0 Å². The summed E-state index contributed by atoms with van der Waals surface area (Å²) in [6.45, 7) is 3.03. The van der Waals surface area contributed by atoms with E-state index < -0.39 is 32.3 Å². The molecule has 2 aromatic rings. The first-order valence-electron chi connectivity index (χ1n) is 6.44. The fourth-order valence-electron chi connectivity index (χ4n) is 2.00. The number of hydrogen-bond acceptors (Lipinski definition) is 3. The van der Waals surface area contributed by atoms with Crippen LogP contribution in [0.2, 0.25) is 0 Å². The molecular formula is C15H13FINO4S. The van der Waals surface area contributed by atoms with Gasteiger partial charge in [-0.1, -0.05) is 0 Å². The summed E-state index contributed by atoms with van der Waals surface area (Å²) in [6.07, 6.45) is 0. The largest absolute Gasteiger partial charge is 0.478 e. The van der Waals surface area contributed by atoms with E-state index in [-0.39, 0.29) is 5.56 Å². The van der Waals surface area contributed by atoms with Crippen LogP contribution in [0.25, 0.3) is 0 Å². The van der Waals surface area contributed by atoms with Gasteiger partial charge in [0.15, 0.2) is 0 Å². The molecule has 0 fully saturated rings. The Kier molecular flexibility index (Phi) is 4.95. The van der Waals surface area contributed by atoms with Gasteiger partial charge in [0.25, 0.3) is 10.0 Å². The fraction of sp³-hybridized carbons (Fsp3) is 0.133. The zero-order valence-corrected chi connectivity index (χ0v) is 15.2. The molecule has 0 saturated carbocycles. The maximum absolute atomic E-state index is 13.8. The molecule has 0 aliphatic heterocycles. The summed E-state index contributed by atoms with van der Waals surface area (Å²) in [5.41, 5.74) is 0.498. The maximum atomic E-state index is 13.8. The van der Waals surface area contributed by atoms with Crippen LogP contribution in [0, 0.1) is 23.2 Å². The Balaban J connectivity index is 2.53. The van der Waals surface area contributed by atoms with Crippen molar-refractivity contribution in [1.82, 2.24) is 0 Å². The van der Waals surface area contributed by atoms with Crippen molar-refractivity contribution in [3.63, 3.8) is 0 Å². The number of aryl methyl sites for hydroxylation is 1. The van der Waals surface area contributed by atoms with Crippen molar-refractivity contribution < 1.29 is 22.7 Å². The Morgan fingerprint density at radius 2 is 1.87 bits per heavy atom. The monoisotopic (exact) mass is 449 g/mol. The number of nitrogens with one attached hydrogen (secondary N) is 1. The number of halogens is 2. The lowest BCUT2D eigenvalue weighted by molar-refractivity contribution is 0.0696. The van der Waals surface area contributed by atoms with Crippen LogP contribution in [-0.4, -0.2) is 19.5 Å². The summed E-state index contributed by atoms with van der Waals surface area (Å²) in [5.74, 6) is -2.28. The highest BCUT2D eigenvalue weighted by Crippen LogP contribution is 2.25. The molecule has 0 aromatic heterocycles. The van der Waals surface area contributed by atoms with Crippen LogP contribution in [0.15, 0.2) is 35.2 Å². The average molecular weight is 449 g/mol. The van der Waals surface area contributed by atoms with E-state index in [0.29, 0.717) is 11.3 Å². The first-order chi connectivity index (χ1) is 10.6. The molecule has 2 aromatic carbocycles. The van der Waals surface area contributed by atoms with Gasteiger partial charge in [-0.25, -0.2) is 17.6 Å². The molecule has 2 rings (SSSR count). The summed E-state index contributed by atoms with van der Waals surface area (Å²) in [5, 5.41) is 8.97. The quantitative estimate of drug-likeness (QED) is 0.700. The Morgan fingerprint density at radius 1 is 1.22 bits per heavy atom. The fourth-order valence-corrected chi connectivity index (χ4v) is 4.06. The molecule has 5 nitrogen and oxygen atoms in total. The van der Waals surface area contributed by atoms with Crippen LogP contribution in [0.1, 0.15) is 21.5 Å². The Labute approximate surface area is 146 Å².